The first kappa shape index (κ1) is 23.0. The van der Waals surface area contributed by atoms with Crippen LogP contribution in [0.15, 0.2) is 30.6 Å². The molecule has 0 fully saturated rings. The van der Waals surface area contributed by atoms with Crippen molar-refractivity contribution in [2.45, 2.75) is 25.7 Å². The van der Waals surface area contributed by atoms with Crippen LogP contribution in [0.3, 0.4) is 0 Å². The molecular weight excluding hydrogens is 442 g/mol. The first-order valence-electron chi connectivity index (χ1n) is 9.05. The lowest BCUT2D eigenvalue weighted by molar-refractivity contribution is -0.144. The van der Waals surface area contributed by atoms with Gasteiger partial charge in [0.25, 0.3) is 0 Å². The van der Waals surface area contributed by atoms with Crippen molar-refractivity contribution in [3.8, 4) is 22.4 Å². The van der Waals surface area contributed by atoms with E-state index in [9.17, 15) is 27.5 Å². The third kappa shape index (κ3) is 4.51. The van der Waals surface area contributed by atoms with Gasteiger partial charge in [-0.2, -0.15) is 18.3 Å². The number of aliphatic hydroxyl groups excluding tert-OH is 1. The van der Waals surface area contributed by atoms with E-state index in [0.717, 1.165) is 12.3 Å². The number of benzene rings is 1. The number of halogens is 5. The molecule has 0 unspecified atom stereocenters. The Balaban J connectivity index is 2.30. The molecule has 0 saturated heterocycles. The summed E-state index contributed by atoms with van der Waals surface area (Å²) in [5.74, 6) is -1.42. The minimum absolute atomic E-state index is 0.00319. The lowest BCUT2D eigenvalue weighted by Crippen LogP contribution is -2.21. The molecule has 6 nitrogen and oxygen atoms in total. The number of ketones is 1. The fourth-order valence-electron chi connectivity index (χ4n) is 3.34. The molecule has 0 bridgehead atoms. The van der Waals surface area contributed by atoms with E-state index in [1.165, 1.54) is 32.4 Å². The minimum atomic E-state index is -4.84. The number of nitrogens with one attached hydrogen (secondary N) is 1. The number of H-pyrrole nitrogens is 1. The Morgan fingerprint density at radius 1 is 1.35 bits per heavy atom. The Morgan fingerprint density at radius 2 is 2.06 bits per heavy atom. The van der Waals surface area contributed by atoms with Crippen LogP contribution >= 0.6 is 11.6 Å². The van der Waals surface area contributed by atoms with Crippen molar-refractivity contribution in [2.75, 3.05) is 13.7 Å². The maximum atomic E-state index is 14.5. The largest absolute Gasteiger partial charge is 0.433 e. The van der Waals surface area contributed by atoms with Crippen molar-refractivity contribution in [1.82, 2.24) is 14.8 Å². The Labute approximate surface area is 179 Å². The number of alkyl halides is 3. The summed E-state index contributed by atoms with van der Waals surface area (Å²) in [6, 6.07) is 3.90. The number of hydrogen-bond donors (Lipinski definition) is 2. The van der Waals surface area contributed by atoms with Gasteiger partial charge in [-0.3, -0.25) is 9.48 Å². The normalized spacial score (nSPS) is 12.9. The van der Waals surface area contributed by atoms with Gasteiger partial charge in [0.05, 0.1) is 35.1 Å². The van der Waals surface area contributed by atoms with Gasteiger partial charge in [0.2, 0.25) is 0 Å². The first-order valence-corrected chi connectivity index (χ1v) is 9.43. The van der Waals surface area contributed by atoms with Gasteiger partial charge >= 0.3 is 6.18 Å². The summed E-state index contributed by atoms with van der Waals surface area (Å²) < 4.78 is 61.6. The monoisotopic (exact) mass is 459 g/mol. The van der Waals surface area contributed by atoms with Gasteiger partial charge in [-0.25, -0.2) is 4.39 Å². The van der Waals surface area contributed by atoms with E-state index in [0.29, 0.717) is 4.68 Å². The van der Waals surface area contributed by atoms with Gasteiger partial charge in [0, 0.05) is 30.0 Å². The third-order valence-electron chi connectivity index (χ3n) is 4.48. The van der Waals surface area contributed by atoms with Crippen LogP contribution < -0.4 is 0 Å². The van der Waals surface area contributed by atoms with E-state index in [1.54, 1.807) is 0 Å². The molecule has 0 spiro atoms. The number of Topliss-reactive ketones (excluding diaryl/α,β-unsaturated/α-hetero) is 1. The van der Waals surface area contributed by atoms with E-state index >= 15 is 0 Å². The second kappa shape index (κ2) is 8.81. The highest BCUT2D eigenvalue weighted by Gasteiger charge is 2.40. The number of carbonyl (C=O) groups is 1. The Bertz CT molecular complexity index is 1090. The van der Waals surface area contributed by atoms with Crippen LogP contribution in [-0.2, 0) is 17.5 Å². The summed E-state index contributed by atoms with van der Waals surface area (Å²) in [6.07, 6.45) is -3.79. The molecule has 0 amide bonds. The number of hydrogen-bond acceptors (Lipinski definition) is 4. The predicted molar refractivity (Wildman–Crippen MR) is 105 cm³/mol. The van der Waals surface area contributed by atoms with Crippen LogP contribution in [0, 0.1) is 5.82 Å². The lowest BCUT2D eigenvalue weighted by Gasteiger charge is -2.14. The Hall–Kier alpha value is -2.69. The minimum Gasteiger partial charge on any atom is -0.391 e. The summed E-state index contributed by atoms with van der Waals surface area (Å²) in [6.45, 7) is 0.456. The lowest BCUT2D eigenvalue weighted by atomic mass is 9.96. The van der Waals surface area contributed by atoms with Crippen LogP contribution in [0.5, 0.6) is 0 Å². The van der Waals surface area contributed by atoms with Crippen molar-refractivity contribution in [3.05, 3.63) is 52.7 Å². The maximum Gasteiger partial charge on any atom is 0.433 e. The Morgan fingerprint density at radius 3 is 2.65 bits per heavy atom. The van der Waals surface area contributed by atoms with E-state index in [1.807, 2.05) is 0 Å². The highest BCUT2D eigenvalue weighted by atomic mass is 35.5. The molecular formula is C20H18ClF4N3O3. The number of nitrogens with zero attached hydrogens (tertiary/aromatic N) is 2. The number of aromatic amines is 1. The zero-order valence-electron chi connectivity index (χ0n) is 16.4. The van der Waals surface area contributed by atoms with Crippen molar-refractivity contribution >= 4 is 17.4 Å². The molecule has 0 aliphatic heterocycles. The van der Waals surface area contributed by atoms with E-state index < -0.39 is 48.3 Å². The molecule has 0 saturated carbocycles. The van der Waals surface area contributed by atoms with Gasteiger partial charge in [0.15, 0.2) is 11.5 Å². The second-order valence-electron chi connectivity index (χ2n) is 6.84. The van der Waals surface area contributed by atoms with Crippen LogP contribution in [0.2, 0.25) is 5.02 Å². The van der Waals surface area contributed by atoms with Crippen molar-refractivity contribution in [2.24, 2.45) is 0 Å². The quantitative estimate of drug-likeness (QED) is 0.401. The number of aromatic nitrogens is 3. The van der Waals surface area contributed by atoms with Gasteiger partial charge in [-0.05, 0) is 19.1 Å². The van der Waals surface area contributed by atoms with E-state index in [-0.39, 0.29) is 27.4 Å². The van der Waals surface area contributed by atoms with Crippen LogP contribution in [-0.4, -0.2) is 45.5 Å². The van der Waals surface area contributed by atoms with E-state index in [4.69, 9.17) is 16.3 Å². The van der Waals surface area contributed by atoms with Crippen molar-refractivity contribution in [1.29, 1.82) is 0 Å². The Kier molecular flexibility index (Phi) is 6.54. The van der Waals surface area contributed by atoms with Crippen molar-refractivity contribution in [3.63, 3.8) is 0 Å². The topological polar surface area (TPSA) is 80.1 Å². The molecule has 0 radical (unpaired) electrons. The highest BCUT2D eigenvalue weighted by Crippen LogP contribution is 2.42. The third-order valence-corrected chi connectivity index (χ3v) is 4.80. The number of rotatable bonds is 7. The van der Waals surface area contributed by atoms with Crippen molar-refractivity contribution < 1.29 is 32.2 Å². The molecule has 1 aromatic carbocycles. The van der Waals surface area contributed by atoms with E-state index in [2.05, 4.69) is 10.1 Å². The standard InChI is InChI=1S/C20H18ClF4N3O3/c1-10(29)8-28-19(20(23,24)25)12(7-27-28)18-17(15(30)9-31-2)11(6-26-18)16-13(21)4-3-5-14(16)22/h3-7,10,26,29H,8-9H2,1-2H3/t10-/m1/s1. The first-order chi connectivity index (χ1) is 14.6. The number of ether oxygens (including phenoxy) is 1. The number of aliphatic hydroxyl groups is 1. The average Bonchev–Trinajstić information content (AvgIpc) is 3.25. The number of methoxy groups -OCH3 is 1. The molecule has 31 heavy (non-hydrogen) atoms. The molecule has 0 aliphatic rings. The smallest absolute Gasteiger partial charge is 0.391 e. The summed E-state index contributed by atoms with van der Waals surface area (Å²) in [4.78, 5) is 15.4. The van der Waals surface area contributed by atoms with Gasteiger partial charge in [-0.15, -0.1) is 0 Å². The average molecular weight is 460 g/mol. The van der Waals surface area contributed by atoms with Gasteiger partial charge in [0.1, 0.15) is 12.4 Å². The summed E-state index contributed by atoms with van der Waals surface area (Å²) in [7, 11) is 1.25. The summed E-state index contributed by atoms with van der Waals surface area (Å²) in [5.41, 5.74) is -2.14. The SMILES string of the molecule is COCC(=O)c1c(-c2c(F)cccc2Cl)c[nH]c1-c1cnn(C[C@@H](C)O)c1C(F)(F)F. The number of carbonyl (C=O) groups excluding carboxylic acids is 1. The summed E-state index contributed by atoms with van der Waals surface area (Å²) >= 11 is 6.12. The van der Waals surface area contributed by atoms with Gasteiger partial charge < -0.3 is 14.8 Å². The molecule has 3 aromatic rings. The second-order valence-corrected chi connectivity index (χ2v) is 7.25. The fraction of sp³-hybridized carbons (Fsp3) is 0.300. The molecule has 2 N–H and O–H groups in total. The molecule has 0 aliphatic carbocycles. The van der Waals surface area contributed by atoms with Crippen LogP contribution in [0.4, 0.5) is 17.6 Å². The molecule has 2 aromatic heterocycles. The van der Waals surface area contributed by atoms with Crippen LogP contribution in [0.1, 0.15) is 23.0 Å². The van der Waals surface area contributed by atoms with Gasteiger partial charge in [-0.1, -0.05) is 17.7 Å². The molecule has 166 valence electrons. The molecule has 2 heterocycles. The predicted octanol–water partition coefficient (Wildman–Crippen LogP) is 4.57. The maximum absolute atomic E-state index is 14.5. The molecule has 1 atom stereocenters. The summed E-state index contributed by atoms with van der Waals surface area (Å²) in [5, 5.41) is 13.3. The molecule has 11 heteroatoms. The fourth-order valence-corrected chi connectivity index (χ4v) is 3.60. The molecule has 3 rings (SSSR count). The zero-order chi connectivity index (χ0) is 22.9. The zero-order valence-corrected chi connectivity index (χ0v) is 17.2. The van der Waals surface area contributed by atoms with Crippen LogP contribution in [0.25, 0.3) is 22.4 Å². The highest BCUT2D eigenvalue weighted by molar-refractivity contribution is 6.33.